The van der Waals surface area contributed by atoms with Crippen molar-refractivity contribution in [3.05, 3.63) is 11.8 Å². The first-order valence-electron chi connectivity index (χ1n) is 10.3. The van der Waals surface area contributed by atoms with Crippen LogP contribution in [-0.2, 0) is 15.5 Å². The molecule has 0 N–H and O–H groups in total. The van der Waals surface area contributed by atoms with Crippen molar-refractivity contribution in [2.75, 3.05) is 19.6 Å². The average molecular weight is 383 g/mol. The summed E-state index contributed by atoms with van der Waals surface area (Å²) in [5.74, 6) is 1.56. The van der Waals surface area contributed by atoms with Crippen LogP contribution in [0.2, 0.25) is 0 Å². The van der Waals surface area contributed by atoms with E-state index in [2.05, 4.69) is 29.9 Å². The smallest absolute Gasteiger partial charge is 0.247 e. The Hall–Kier alpha value is -0.880. The molecule has 0 saturated carbocycles. The van der Waals surface area contributed by atoms with E-state index < -0.39 is 15.8 Å². The molecule has 2 aliphatic heterocycles. The number of rotatable bonds is 4. The second kappa shape index (κ2) is 8.42. The second-order valence-electron chi connectivity index (χ2n) is 8.67. The van der Waals surface area contributed by atoms with E-state index >= 15 is 0 Å². The lowest BCUT2D eigenvalue weighted by Gasteiger charge is -2.52. The molecule has 1 aliphatic carbocycles. The molecule has 0 aromatic heterocycles. The van der Waals surface area contributed by atoms with E-state index in [4.69, 9.17) is 0 Å². The monoisotopic (exact) mass is 382 g/mol. The van der Waals surface area contributed by atoms with E-state index in [1.807, 2.05) is 6.92 Å². The quantitative estimate of drug-likeness (QED) is 0.758. The summed E-state index contributed by atoms with van der Waals surface area (Å²) in [5, 5.41) is 4.46. The number of nitrogens with zero attached hydrogens (tertiary/aromatic N) is 2. The van der Waals surface area contributed by atoms with Crippen molar-refractivity contribution in [1.29, 1.82) is 0 Å². The van der Waals surface area contributed by atoms with Gasteiger partial charge in [-0.25, -0.2) is 13.4 Å². The Morgan fingerprint density at radius 1 is 1.23 bits per heavy atom. The number of carbonyl (C=O) groups excluding carboxylic acids is 1. The Balaban J connectivity index is 1.83. The first-order chi connectivity index (χ1) is 12.4. The van der Waals surface area contributed by atoms with Crippen LogP contribution < -0.4 is 0 Å². The van der Waals surface area contributed by atoms with Crippen LogP contribution in [0.25, 0.3) is 0 Å². The van der Waals surface area contributed by atoms with Crippen molar-refractivity contribution in [2.24, 2.45) is 29.6 Å². The molecule has 148 valence electrons. The van der Waals surface area contributed by atoms with Gasteiger partial charge in [-0.05, 0) is 56.3 Å². The number of piperidine rings is 2. The van der Waals surface area contributed by atoms with Crippen LogP contribution in [0.1, 0.15) is 59.3 Å². The lowest BCUT2D eigenvalue weighted by atomic mass is 9.71. The maximum atomic E-state index is 12.3. The van der Waals surface area contributed by atoms with Crippen LogP contribution in [0.3, 0.4) is 0 Å². The number of thiol groups is 1. The maximum absolute atomic E-state index is 12.3. The lowest BCUT2D eigenvalue weighted by molar-refractivity contribution is -0.120. The molecular formula is C20H34N2O3S. The van der Waals surface area contributed by atoms with Crippen LogP contribution in [0.5, 0.6) is 0 Å². The molecule has 2 fully saturated rings. The molecule has 5 nitrogen and oxygen atoms in total. The van der Waals surface area contributed by atoms with E-state index in [1.165, 1.54) is 12.1 Å². The highest BCUT2D eigenvalue weighted by Gasteiger charge is 2.43. The van der Waals surface area contributed by atoms with Crippen LogP contribution in [0.15, 0.2) is 11.8 Å². The number of hydrogen-bond donors (Lipinski definition) is 1. The molecule has 0 aromatic rings. The predicted octanol–water partition coefficient (Wildman–Crippen LogP) is 3.05. The largest absolute Gasteiger partial charge is 0.310 e. The third-order valence-corrected chi connectivity index (χ3v) is 7.28. The molecule has 2 heterocycles. The average Bonchev–Trinajstić information content (AvgIpc) is 2.61. The second-order valence-corrected chi connectivity index (χ2v) is 9.62. The molecule has 0 spiro atoms. The summed E-state index contributed by atoms with van der Waals surface area (Å²) >= 11 is 0. The fraction of sp³-hybridized carbons (Fsp3) is 0.850. The van der Waals surface area contributed by atoms with Gasteiger partial charge in [-0.15, -0.1) is 0 Å². The van der Waals surface area contributed by atoms with Crippen LogP contribution in [0, 0.1) is 29.6 Å². The molecule has 2 saturated heterocycles. The van der Waals surface area contributed by atoms with Gasteiger partial charge in [0, 0.05) is 37.2 Å². The van der Waals surface area contributed by atoms with Gasteiger partial charge < -0.3 is 5.01 Å². The molecule has 26 heavy (non-hydrogen) atoms. The third kappa shape index (κ3) is 4.01. The van der Waals surface area contributed by atoms with Gasteiger partial charge in [0.15, 0.2) is 0 Å². The molecule has 0 radical (unpaired) electrons. The van der Waals surface area contributed by atoms with Crippen molar-refractivity contribution in [3.63, 3.8) is 0 Å². The zero-order valence-electron chi connectivity index (χ0n) is 16.4. The number of fused-ring (bicyclic) bond motifs is 1. The van der Waals surface area contributed by atoms with E-state index in [-0.39, 0.29) is 11.8 Å². The number of hydrazine groups is 1. The van der Waals surface area contributed by atoms with Gasteiger partial charge in [-0.2, -0.15) is 0 Å². The summed E-state index contributed by atoms with van der Waals surface area (Å²) in [6, 6.07) is 0. The Morgan fingerprint density at radius 2 is 1.92 bits per heavy atom. The summed E-state index contributed by atoms with van der Waals surface area (Å²) < 4.78 is 22.7. The van der Waals surface area contributed by atoms with Gasteiger partial charge >= 0.3 is 0 Å². The molecule has 5 atom stereocenters. The first-order valence-corrected chi connectivity index (χ1v) is 11.5. The molecule has 6 heteroatoms. The minimum atomic E-state index is -2.97. The zero-order valence-corrected chi connectivity index (χ0v) is 17.3. The normalized spacial score (nSPS) is 34.3. The highest BCUT2D eigenvalue weighted by Crippen LogP contribution is 2.44. The van der Waals surface area contributed by atoms with Crippen LogP contribution in [0.4, 0.5) is 0 Å². The number of carbonyl (C=O) groups is 1. The summed E-state index contributed by atoms with van der Waals surface area (Å²) in [7, 11) is -2.97. The minimum Gasteiger partial charge on any atom is -0.310 e. The van der Waals surface area contributed by atoms with Gasteiger partial charge in [0.25, 0.3) is 0 Å². The van der Waals surface area contributed by atoms with Crippen LogP contribution >= 0.6 is 0 Å². The standard InChI is InChI=1S/C20H34N2O3S/c1-4-16(20(23)26(24)25)17-9-10-22(19-8-6-5-7-18(17)19)21-12-14(2)11-15(3)13-21/h8,14-18,26H,4-7,9-13H2,1-3H3. The predicted molar refractivity (Wildman–Crippen MR) is 104 cm³/mol. The Bertz CT molecular complexity index is 613. The third-order valence-electron chi connectivity index (χ3n) is 6.59. The number of allylic oxidation sites excluding steroid dienone is 2. The Kier molecular flexibility index (Phi) is 6.44. The van der Waals surface area contributed by atoms with Crippen molar-refractivity contribution < 1.29 is 13.2 Å². The minimum absolute atomic E-state index is 0.169. The molecule has 3 rings (SSSR count). The Labute approximate surface area is 159 Å². The van der Waals surface area contributed by atoms with Crippen molar-refractivity contribution in [2.45, 2.75) is 59.3 Å². The topological polar surface area (TPSA) is 57.7 Å². The fourth-order valence-electron chi connectivity index (χ4n) is 5.63. The van der Waals surface area contributed by atoms with Crippen molar-refractivity contribution >= 4 is 15.8 Å². The molecule has 5 unspecified atom stereocenters. The summed E-state index contributed by atoms with van der Waals surface area (Å²) in [6.07, 6.45) is 8.49. The van der Waals surface area contributed by atoms with Gasteiger partial charge in [-0.3, -0.25) is 4.79 Å². The lowest BCUT2D eigenvalue weighted by Crippen LogP contribution is -2.54. The highest BCUT2D eigenvalue weighted by atomic mass is 32.2. The maximum Gasteiger partial charge on any atom is 0.247 e. The number of hydrogen-bond acceptors (Lipinski definition) is 5. The SMILES string of the molecule is CCC(C(=O)[SH](=O)=O)C1CCN(N2CC(C)CC(C)C2)C2=CCCCC21. The Morgan fingerprint density at radius 3 is 2.54 bits per heavy atom. The first kappa shape index (κ1) is 19.9. The molecule has 3 aliphatic rings. The summed E-state index contributed by atoms with van der Waals surface area (Å²) in [4.78, 5) is 12.3. The van der Waals surface area contributed by atoms with Gasteiger partial charge in [0.1, 0.15) is 0 Å². The highest BCUT2D eigenvalue weighted by molar-refractivity contribution is 7.89. The fourth-order valence-corrected chi connectivity index (χ4v) is 6.27. The van der Waals surface area contributed by atoms with Gasteiger partial charge in [-0.1, -0.05) is 26.8 Å². The molecule has 0 amide bonds. The van der Waals surface area contributed by atoms with E-state index in [1.54, 1.807) is 0 Å². The molecule has 0 bridgehead atoms. The summed E-state index contributed by atoms with van der Waals surface area (Å²) in [5.41, 5.74) is 1.36. The van der Waals surface area contributed by atoms with E-state index in [0.717, 1.165) is 45.3 Å². The van der Waals surface area contributed by atoms with Gasteiger partial charge in [0.2, 0.25) is 15.8 Å². The van der Waals surface area contributed by atoms with E-state index in [9.17, 15) is 13.2 Å². The van der Waals surface area contributed by atoms with Crippen molar-refractivity contribution in [1.82, 2.24) is 10.0 Å². The van der Waals surface area contributed by atoms with Gasteiger partial charge in [0.05, 0.1) is 0 Å². The zero-order chi connectivity index (χ0) is 18.8. The van der Waals surface area contributed by atoms with Crippen molar-refractivity contribution in [3.8, 4) is 0 Å². The van der Waals surface area contributed by atoms with E-state index in [0.29, 0.717) is 24.2 Å². The molecule has 0 aromatic carbocycles. The molecular weight excluding hydrogens is 348 g/mol. The summed E-state index contributed by atoms with van der Waals surface area (Å²) in [6.45, 7) is 9.72. The van der Waals surface area contributed by atoms with Crippen LogP contribution in [-0.4, -0.2) is 43.2 Å².